The highest BCUT2D eigenvalue weighted by molar-refractivity contribution is 7.18. The summed E-state index contributed by atoms with van der Waals surface area (Å²) in [5.74, 6) is -0.0896. The smallest absolute Gasteiger partial charge is 0.264 e. The molecule has 164 valence electrons. The second kappa shape index (κ2) is 9.40. The van der Waals surface area contributed by atoms with Gasteiger partial charge < -0.3 is 14.7 Å². The Morgan fingerprint density at radius 3 is 2.45 bits per heavy atom. The molecule has 0 spiro atoms. The van der Waals surface area contributed by atoms with E-state index in [0.29, 0.717) is 28.6 Å². The maximum absolute atomic E-state index is 13.3. The first kappa shape index (κ1) is 21.8. The number of benzene rings is 1. The minimum absolute atomic E-state index is 0.0995. The summed E-state index contributed by atoms with van der Waals surface area (Å²) in [6, 6.07) is 10.4. The summed E-state index contributed by atoms with van der Waals surface area (Å²) in [5.41, 5.74) is 1.61. The molecule has 1 aromatic carbocycles. The number of halogens is 1. The number of likely N-dealkylation sites (N-methyl/N-ethyl adjacent to an activating group) is 1. The number of rotatable bonds is 4. The van der Waals surface area contributed by atoms with Crippen molar-refractivity contribution in [1.82, 2.24) is 4.90 Å². The van der Waals surface area contributed by atoms with E-state index in [-0.39, 0.29) is 17.7 Å². The lowest BCUT2D eigenvalue weighted by atomic mass is 10.00. The summed E-state index contributed by atoms with van der Waals surface area (Å²) < 4.78 is 0.563. The van der Waals surface area contributed by atoms with Crippen LogP contribution in [-0.2, 0) is 9.59 Å². The molecular weight excluding hydrogens is 434 g/mol. The number of piperidine rings is 2. The first-order valence-electron chi connectivity index (χ1n) is 10.7. The molecule has 0 N–H and O–H groups in total. The topological polar surface area (TPSA) is 60.9 Å². The van der Waals surface area contributed by atoms with Crippen LogP contribution in [0.5, 0.6) is 0 Å². The van der Waals surface area contributed by atoms with Crippen LogP contribution in [-0.4, -0.2) is 48.8 Å². The third-order valence-electron chi connectivity index (χ3n) is 6.04. The Kier molecular flexibility index (Phi) is 6.62. The first-order valence-corrected chi connectivity index (χ1v) is 11.9. The van der Waals surface area contributed by atoms with E-state index in [1.807, 2.05) is 29.2 Å². The summed E-state index contributed by atoms with van der Waals surface area (Å²) in [5, 5.41) is 0. The van der Waals surface area contributed by atoms with E-state index in [4.69, 9.17) is 11.6 Å². The molecule has 2 aromatic rings. The standard InChI is InChI=1S/C23H26ClN3O3S/c1-25(16-8-10-17(11-9-16)26-14-5-3-7-21(26)28)22(29)18-6-2-4-15-27(18)23(30)19-12-13-20(24)31-19/h8-13,18H,2-7,14-15H2,1H3/t18-/m1/s1. The van der Waals surface area contributed by atoms with Crippen LogP contribution >= 0.6 is 22.9 Å². The van der Waals surface area contributed by atoms with E-state index >= 15 is 0 Å². The SMILES string of the molecule is CN(C(=O)[C@H]1CCCCN1C(=O)c1ccc(Cl)s1)c1ccc(N2CCCCC2=O)cc1. The molecule has 1 aromatic heterocycles. The minimum Gasteiger partial charge on any atom is -0.326 e. The van der Waals surface area contributed by atoms with Gasteiger partial charge in [-0.05, 0) is 68.5 Å². The maximum Gasteiger partial charge on any atom is 0.264 e. The Morgan fingerprint density at radius 2 is 1.77 bits per heavy atom. The predicted molar refractivity (Wildman–Crippen MR) is 124 cm³/mol. The normalized spacial score (nSPS) is 19.4. The minimum atomic E-state index is -0.490. The van der Waals surface area contributed by atoms with Crippen LogP contribution in [0, 0.1) is 0 Å². The molecule has 0 bridgehead atoms. The van der Waals surface area contributed by atoms with Crippen molar-refractivity contribution in [1.29, 1.82) is 0 Å². The van der Waals surface area contributed by atoms with Crippen molar-refractivity contribution in [2.45, 2.75) is 44.6 Å². The van der Waals surface area contributed by atoms with E-state index < -0.39 is 6.04 Å². The van der Waals surface area contributed by atoms with Crippen LogP contribution in [0.1, 0.15) is 48.2 Å². The molecule has 0 saturated carbocycles. The molecule has 2 aliphatic heterocycles. The number of thiophene rings is 1. The van der Waals surface area contributed by atoms with E-state index in [1.165, 1.54) is 11.3 Å². The molecule has 1 atom stereocenters. The third-order valence-corrected chi connectivity index (χ3v) is 7.25. The van der Waals surface area contributed by atoms with Gasteiger partial charge in [0.15, 0.2) is 0 Å². The average molecular weight is 460 g/mol. The van der Waals surface area contributed by atoms with Gasteiger partial charge in [-0.25, -0.2) is 0 Å². The summed E-state index contributed by atoms with van der Waals surface area (Å²) in [4.78, 5) is 44.2. The number of anilines is 2. The van der Waals surface area contributed by atoms with Gasteiger partial charge in [0, 0.05) is 37.9 Å². The number of hydrogen-bond acceptors (Lipinski definition) is 4. The zero-order valence-electron chi connectivity index (χ0n) is 17.6. The van der Waals surface area contributed by atoms with Crippen LogP contribution in [0.25, 0.3) is 0 Å². The number of nitrogens with zero attached hydrogens (tertiary/aromatic N) is 3. The fraction of sp³-hybridized carbons (Fsp3) is 0.435. The van der Waals surface area contributed by atoms with Crippen molar-refractivity contribution in [3.8, 4) is 0 Å². The summed E-state index contributed by atoms with van der Waals surface area (Å²) in [6.45, 7) is 1.30. The lowest BCUT2D eigenvalue weighted by Gasteiger charge is -2.36. The van der Waals surface area contributed by atoms with Crippen molar-refractivity contribution in [2.24, 2.45) is 0 Å². The molecule has 6 nitrogen and oxygen atoms in total. The van der Waals surface area contributed by atoms with Gasteiger partial charge in [-0.2, -0.15) is 0 Å². The number of hydrogen-bond donors (Lipinski definition) is 0. The Bertz CT molecular complexity index is 975. The molecule has 2 fully saturated rings. The average Bonchev–Trinajstić information content (AvgIpc) is 3.24. The van der Waals surface area contributed by atoms with E-state index in [9.17, 15) is 14.4 Å². The summed E-state index contributed by atoms with van der Waals surface area (Å²) in [7, 11) is 1.74. The molecule has 2 saturated heterocycles. The van der Waals surface area contributed by atoms with E-state index in [2.05, 4.69) is 0 Å². The quantitative estimate of drug-likeness (QED) is 0.672. The first-order chi connectivity index (χ1) is 15.0. The monoisotopic (exact) mass is 459 g/mol. The molecular formula is C23H26ClN3O3S. The van der Waals surface area contributed by atoms with E-state index in [1.54, 1.807) is 29.0 Å². The van der Waals surface area contributed by atoms with Gasteiger partial charge in [-0.1, -0.05) is 11.6 Å². The van der Waals surface area contributed by atoms with Gasteiger partial charge in [-0.3, -0.25) is 14.4 Å². The Hall–Kier alpha value is -2.38. The van der Waals surface area contributed by atoms with Crippen molar-refractivity contribution in [3.05, 3.63) is 45.6 Å². The Labute approximate surface area is 191 Å². The number of amides is 3. The molecule has 8 heteroatoms. The second-order valence-electron chi connectivity index (χ2n) is 8.03. The van der Waals surface area contributed by atoms with Crippen LogP contribution < -0.4 is 9.80 Å². The third kappa shape index (κ3) is 4.62. The molecule has 4 rings (SSSR count). The zero-order chi connectivity index (χ0) is 22.0. The molecule has 3 amide bonds. The molecule has 31 heavy (non-hydrogen) atoms. The van der Waals surface area contributed by atoms with Gasteiger partial charge in [0.2, 0.25) is 11.8 Å². The zero-order valence-corrected chi connectivity index (χ0v) is 19.1. The Morgan fingerprint density at radius 1 is 1.03 bits per heavy atom. The fourth-order valence-electron chi connectivity index (χ4n) is 4.29. The second-order valence-corrected chi connectivity index (χ2v) is 9.75. The highest BCUT2D eigenvalue weighted by Crippen LogP contribution is 2.29. The molecule has 0 unspecified atom stereocenters. The summed E-state index contributed by atoms with van der Waals surface area (Å²) in [6.07, 6.45) is 4.98. The van der Waals surface area contributed by atoms with Gasteiger partial charge >= 0.3 is 0 Å². The van der Waals surface area contributed by atoms with Crippen LogP contribution in [0.15, 0.2) is 36.4 Å². The largest absolute Gasteiger partial charge is 0.326 e. The highest BCUT2D eigenvalue weighted by Gasteiger charge is 2.35. The van der Waals surface area contributed by atoms with Crippen molar-refractivity contribution in [3.63, 3.8) is 0 Å². The summed E-state index contributed by atoms with van der Waals surface area (Å²) >= 11 is 7.24. The number of carbonyl (C=O) groups excluding carboxylic acids is 3. The maximum atomic E-state index is 13.3. The van der Waals surface area contributed by atoms with Crippen LogP contribution in [0.3, 0.4) is 0 Å². The van der Waals surface area contributed by atoms with Gasteiger partial charge in [0.25, 0.3) is 5.91 Å². The van der Waals surface area contributed by atoms with E-state index in [0.717, 1.165) is 43.6 Å². The lowest BCUT2D eigenvalue weighted by molar-refractivity contribution is -0.123. The van der Waals surface area contributed by atoms with Gasteiger partial charge in [0.1, 0.15) is 6.04 Å². The highest BCUT2D eigenvalue weighted by atomic mass is 35.5. The molecule has 3 heterocycles. The van der Waals surface area contributed by atoms with Gasteiger partial charge in [-0.15, -0.1) is 11.3 Å². The number of likely N-dealkylation sites (tertiary alicyclic amines) is 1. The molecule has 0 aliphatic carbocycles. The molecule has 0 radical (unpaired) electrons. The van der Waals surface area contributed by atoms with Crippen LogP contribution in [0.4, 0.5) is 11.4 Å². The van der Waals surface area contributed by atoms with Crippen molar-refractivity contribution < 1.29 is 14.4 Å². The lowest BCUT2D eigenvalue weighted by Crippen LogP contribution is -2.52. The fourth-order valence-corrected chi connectivity index (χ4v) is 5.29. The Balaban J connectivity index is 1.49. The number of carbonyl (C=O) groups is 3. The molecule has 2 aliphatic rings. The van der Waals surface area contributed by atoms with Crippen molar-refractivity contribution in [2.75, 3.05) is 29.9 Å². The van der Waals surface area contributed by atoms with Gasteiger partial charge in [0.05, 0.1) is 9.21 Å². The predicted octanol–water partition coefficient (Wildman–Crippen LogP) is 4.58. The van der Waals surface area contributed by atoms with Crippen molar-refractivity contribution >= 4 is 52.0 Å². The van der Waals surface area contributed by atoms with Crippen LogP contribution in [0.2, 0.25) is 4.34 Å².